The van der Waals surface area contributed by atoms with Crippen LogP contribution in [0.25, 0.3) is 0 Å². The van der Waals surface area contributed by atoms with E-state index in [4.69, 9.17) is 9.47 Å². The van der Waals surface area contributed by atoms with E-state index >= 15 is 0 Å². The summed E-state index contributed by atoms with van der Waals surface area (Å²) >= 11 is 0. The van der Waals surface area contributed by atoms with Gasteiger partial charge in [-0.15, -0.1) is 0 Å². The van der Waals surface area contributed by atoms with Gasteiger partial charge in [0.15, 0.2) is 0 Å². The second kappa shape index (κ2) is 4.17. The quantitative estimate of drug-likeness (QED) is 0.707. The van der Waals surface area contributed by atoms with Gasteiger partial charge in [0.2, 0.25) is 0 Å². The van der Waals surface area contributed by atoms with Crippen LogP contribution in [0.4, 0.5) is 4.79 Å². The molecule has 1 aliphatic heterocycles. The van der Waals surface area contributed by atoms with Crippen molar-refractivity contribution in [3.8, 4) is 0 Å². The zero-order valence-corrected chi connectivity index (χ0v) is 9.29. The molecule has 0 aromatic carbocycles. The van der Waals surface area contributed by atoms with Crippen LogP contribution in [0.1, 0.15) is 34.1 Å². The van der Waals surface area contributed by atoms with Crippen molar-refractivity contribution in [1.29, 1.82) is 0 Å². The summed E-state index contributed by atoms with van der Waals surface area (Å²) in [4.78, 5) is 11.2. The smallest absolute Gasteiger partial charge is 0.407 e. The number of rotatable bonds is 3. The summed E-state index contributed by atoms with van der Waals surface area (Å²) in [5.41, 5.74) is -0.432. The fourth-order valence-electron chi connectivity index (χ4n) is 1.22. The molecule has 0 aromatic heterocycles. The predicted octanol–water partition coefficient (Wildman–Crippen LogP) is 1.69. The van der Waals surface area contributed by atoms with Crippen LogP contribution in [-0.4, -0.2) is 30.4 Å². The van der Waals surface area contributed by atoms with Crippen LogP contribution in [-0.2, 0) is 9.47 Å². The van der Waals surface area contributed by atoms with Crippen LogP contribution in [0.2, 0.25) is 0 Å². The molecule has 1 heterocycles. The summed E-state index contributed by atoms with van der Waals surface area (Å²) < 4.78 is 10.4. The molecule has 1 fully saturated rings. The molecule has 1 saturated heterocycles. The molecule has 0 saturated carbocycles. The van der Waals surface area contributed by atoms with E-state index in [2.05, 4.69) is 12.2 Å². The lowest BCUT2D eigenvalue weighted by molar-refractivity contribution is 0.0524. The van der Waals surface area contributed by atoms with Crippen molar-refractivity contribution in [3.63, 3.8) is 0 Å². The third-order valence-corrected chi connectivity index (χ3v) is 1.94. The minimum absolute atomic E-state index is 0.188. The summed E-state index contributed by atoms with van der Waals surface area (Å²) in [6.45, 7) is 8.14. The van der Waals surface area contributed by atoms with Crippen LogP contribution < -0.4 is 5.32 Å². The largest absolute Gasteiger partial charge is 0.444 e. The Morgan fingerprint density at radius 3 is 2.50 bits per heavy atom. The highest BCUT2D eigenvalue weighted by atomic mass is 16.6. The van der Waals surface area contributed by atoms with Gasteiger partial charge in [-0.3, -0.25) is 0 Å². The first-order valence-electron chi connectivity index (χ1n) is 5.04. The van der Waals surface area contributed by atoms with Gasteiger partial charge in [-0.05, 0) is 27.2 Å². The number of ether oxygens (including phenoxy) is 2. The Bertz CT molecular complexity index is 210. The molecule has 4 heteroatoms. The average Bonchev–Trinajstić information content (AvgIpc) is 2.76. The summed E-state index contributed by atoms with van der Waals surface area (Å²) in [7, 11) is 0. The highest BCUT2D eigenvalue weighted by Gasteiger charge is 2.37. The zero-order chi connectivity index (χ0) is 10.8. The lowest BCUT2D eigenvalue weighted by Crippen LogP contribution is -2.34. The van der Waals surface area contributed by atoms with Gasteiger partial charge in [0.05, 0.1) is 6.10 Å². The van der Waals surface area contributed by atoms with E-state index in [-0.39, 0.29) is 12.2 Å². The molecule has 0 aliphatic carbocycles. The molecule has 0 aromatic rings. The third kappa shape index (κ3) is 3.96. The number of amides is 1. The minimum atomic E-state index is -0.432. The van der Waals surface area contributed by atoms with E-state index in [0.717, 1.165) is 6.42 Å². The number of alkyl carbamates (subject to hydrolysis) is 1. The van der Waals surface area contributed by atoms with E-state index in [1.165, 1.54) is 0 Å². The molecule has 0 radical (unpaired) electrons. The molecule has 4 nitrogen and oxygen atoms in total. The van der Waals surface area contributed by atoms with Crippen molar-refractivity contribution in [2.75, 3.05) is 6.54 Å². The molecular formula is C10H19NO3. The fraction of sp³-hybridized carbons (Fsp3) is 0.900. The van der Waals surface area contributed by atoms with Crippen molar-refractivity contribution in [2.45, 2.75) is 51.9 Å². The summed E-state index contributed by atoms with van der Waals surface area (Å²) in [5, 5.41) is 2.68. The number of hydrogen-bond donors (Lipinski definition) is 1. The summed E-state index contributed by atoms with van der Waals surface area (Å²) in [6, 6.07) is 0. The van der Waals surface area contributed by atoms with Crippen molar-refractivity contribution >= 4 is 6.09 Å². The molecule has 1 aliphatic rings. The molecule has 1 N–H and O–H groups in total. The Morgan fingerprint density at radius 1 is 1.43 bits per heavy atom. The van der Waals surface area contributed by atoms with Crippen molar-refractivity contribution in [2.24, 2.45) is 0 Å². The van der Waals surface area contributed by atoms with E-state index in [0.29, 0.717) is 12.6 Å². The number of carbonyl (C=O) groups is 1. The normalized spacial score (nSPS) is 25.7. The van der Waals surface area contributed by atoms with E-state index < -0.39 is 5.60 Å². The van der Waals surface area contributed by atoms with Crippen molar-refractivity contribution < 1.29 is 14.3 Å². The topological polar surface area (TPSA) is 50.9 Å². The van der Waals surface area contributed by atoms with Gasteiger partial charge in [0.1, 0.15) is 11.7 Å². The van der Waals surface area contributed by atoms with Gasteiger partial charge in [0.25, 0.3) is 0 Å². The summed E-state index contributed by atoms with van der Waals surface area (Å²) in [6.07, 6.45) is 1.14. The molecule has 82 valence electrons. The fourth-order valence-corrected chi connectivity index (χ4v) is 1.22. The Labute approximate surface area is 85.0 Å². The van der Waals surface area contributed by atoms with Crippen LogP contribution in [0.15, 0.2) is 0 Å². The van der Waals surface area contributed by atoms with Crippen molar-refractivity contribution in [3.05, 3.63) is 0 Å². The van der Waals surface area contributed by atoms with Gasteiger partial charge >= 0.3 is 6.09 Å². The Kier molecular flexibility index (Phi) is 3.37. The monoisotopic (exact) mass is 201 g/mol. The standard InChI is InChI=1S/C10H19NO3/c1-5-7-8(13-7)6-11-9(12)14-10(2,3)4/h7-8H,5-6H2,1-4H3,(H,11,12). The molecule has 1 amide bonds. The van der Waals surface area contributed by atoms with E-state index in [9.17, 15) is 4.79 Å². The minimum Gasteiger partial charge on any atom is -0.444 e. The second-order valence-corrected chi connectivity index (χ2v) is 4.50. The maximum Gasteiger partial charge on any atom is 0.407 e. The molecule has 1 rings (SSSR count). The number of hydrogen-bond acceptors (Lipinski definition) is 3. The van der Waals surface area contributed by atoms with Crippen LogP contribution >= 0.6 is 0 Å². The van der Waals surface area contributed by atoms with Gasteiger partial charge in [-0.1, -0.05) is 6.92 Å². The van der Waals surface area contributed by atoms with Crippen LogP contribution in [0.5, 0.6) is 0 Å². The maximum atomic E-state index is 11.2. The maximum absolute atomic E-state index is 11.2. The number of epoxide rings is 1. The van der Waals surface area contributed by atoms with Gasteiger partial charge in [-0.25, -0.2) is 4.79 Å². The zero-order valence-electron chi connectivity index (χ0n) is 9.29. The van der Waals surface area contributed by atoms with Gasteiger partial charge < -0.3 is 14.8 Å². The molecule has 0 spiro atoms. The SMILES string of the molecule is CCC1OC1CNC(=O)OC(C)(C)C. The predicted molar refractivity (Wildman–Crippen MR) is 53.2 cm³/mol. The molecule has 2 atom stereocenters. The summed E-state index contributed by atoms with van der Waals surface area (Å²) in [5.74, 6) is 0. The van der Waals surface area contributed by atoms with Crippen LogP contribution in [0, 0.1) is 0 Å². The Hall–Kier alpha value is -0.770. The Balaban J connectivity index is 2.10. The molecule has 0 bridgehead atoms. The highest BCUT2D eigenvalue weighted by Crippen LogP contribution is 2.23. The molecule has 14 heavy (non-hydrogen) atoms. The number of nitrogens with one attached hydrogen (secondary N) is 1. The van der Waals surface area contributed by atoms with E-state index in [1.807, 2.05) is 20.8 Å². The lowest BCUT2D eigenvalue weighted by Gasteiger charge is -2.19. The van der Waals surface area contributed by atoms with Crippen LogP contribution in [0.3, 0.4) is 0 Å². The Morgan fingerprint density at radius 2 is 2.07 bits per heavy atom. The van der Waals surface area contributed by atoms with Gasteiger partial charge in [-0.2, -0.15) is 0 Å². The average molecular weight is 201 g/mol. The van der Waals surface area contributed by atoms with Crippen molar-refractivity contribution in [1.82, 2.24) is 5.32 Å². The second-order valence-electron chi connectivity index (χ2n) is 4.50. The van der Waals surface area contributed by atoms with Gasteiger partial charge in [0, 0.05) is 6.54 Å². The number of carbonyl (C=O) groups excluding carboxylic acids is 1. The van der Waals surface area contributed by atoms with E-state index in [1.54, 1.807) is 0 Å². The first-order valence-corrected chi connectivity index (χ1v) is 5.04. The molecular weight excluding hydrogens is 182 g/mol. The third-order valence-electron chi connectivity index (χ3n) is 1.94. The highest BCUT2D eigenvalue weighted by molar-refractivity contribution is 5.67. The lowest BCUT2D eigenvalue weighted by atomic mass is 10.2. The molecule has 2 unspecified atom stereocenters. The first-order chi connectivity index (χ1) is 6.42. The first kappa shape index (κ1) is 11.3.